The number of carbonyl (C=O) groups excluding carboxylic acids is 1. The van der Waals surface area contributed by atoms with E-state index in [0.29, 0.717) is 49.0 Å². The number of hydrogen-bond acceptors (Lipinski definition) is 9. The van der Waals surface area contributed by atoms with Gasteiger partial charge in [-0.1, -0.05) is 53.9 Å². The lowest BCUT2D eigenvalue weighted by atomic mass is 9.43. The van der Waals surface area contributed by atoms with Crippen LogP contribution in [0.15, 0.2) is 0 Å². The number of fused-ring (bicyclic) bond motifs is 5. The third kappa shape index (κ3) is 8.83. The summed E-state index contributed by atoms with van der Waals surface area (Å²) in [5.41, 5.74) is 0.350. The van der Waals surface area contributed by atoms with Crippen LogP contribution in [0.3, 0.4) is 0 Å². The first-order chi connectivity index (χ1) is 24.2. The molecule has 51 heavy (non-hydrogen) atoms. The highest BCUT2D eigenvalue weighted by atomic mass is 32.1. The van der Waals surface area contributed by atoms with Gasteiger partial charge in [-0.3, -0.25) is 0 Å². The van der Waals surface area contributed by atoms with Crippen LogP contribution in [0.25, 0.3) is 0 Å². The third-order valence-corrected chi connectivity index (χ3v) is 14.8. The SMILES string of the molecule is CC(C)CCC[C@@H](C)[C@H]1CC[C@H]2[C@H]3CC[C@@H]4C[C@H](O)CC(NC(=O)OCCCCNC(=S)N[C@@H]5O[C@@H](CO)[C@@H](O)[C@@H](O)[C@@H]5O)[C@]4(C)[C@H]3CC[C@]12C. The fourth-order valence-corrected chi connectivity index (χ4v) is 12.0. The van der Waals surface area contributed by atoms with E-state index in [1.54, 1.807) is 0 Å². The van der Waals surface area contributed by atoms with Gasteiger partial charge in [-0.25, -0.2) is 4.79 Å². The van der Waals surface area contributed by atoms with Gasteiger partial charge in [0.2, 0.25) is 0 Å². The highest BCUT2D eigenvalue weighted by molar-refractivity contribution is 7.80. The molecule has 1 unspecified atom stereocenters. The molecule has 8 N–H and O–H groups in total. The molecule has 1 amide bonds. The van der Waals surface area contributed by atoms with Crippen molar-refractivity contribution in [2.45, 2.75) is 161 Å². The molecular weight excluding hydrogens is 671 g/mol. The van der Waals surface area contributed by atoms with E-state index in [1.807, 2.05) is 0 Å². The molecule has 0 bridgehead atoms. The molecule has 1 saturated heterocycles. The largest absolute Gasteiger partial charge is 0.450 e. The lowest BCUT2D eigenvalue weighted by Crippen LogP contribution is -2.64. The number of ether oxygens (including phenoxy) is 2. The number of unbranched alkanes of at least 4 members (excludes halogenated alkanes) is 1. The highest BCUT2D eigenvalue weighted by Crippen LogP contribution is 2.68. The summed E-state index contributed by atoms with van der Waals surface area (Å²) in [6, 6.07) is -0.115. The van der Waals surface area contributed by atoms with Crippen LogP contribution in [0.2, 0.25) is 0 Å². The molecule has 4 aliphatic carbocycles. The second kappa shape index (κ2) is 17.5. The summed E-state index contributed by atoms with van der Waals surface area (Å²) in [4.78, 5) is 13.2. The minimum absolute atomic E-state index is 0.0585. The quantitative estimate of drug-likeness (QED) is 0.101. The fourth-order valence-electron chi connectivity index (χ4n) is 11.8. The van der Waals surface area contributed by atoms with Crippen molar-refractivity contribution in [2.75, 3.05) is 19.8 Å². The number of thiocarbonyl (C=S) groups is 1. The molecular formula is C39H69N3O8S. The van der Waals surface area contributed by atoms with Gasteiger partial charge in [0.25, 0.3) is 0 Å². The number of alkyl carbamates (subject to hydrolysis) is 1. The fraction of sp³-hybridized carbons (Fsp3) is 0.949. The van der Waals surface area contributed by atoms with Crippen LogP contribution < -0.4 is 16.0 Å². The zero-order valence-electron chi connectivity index (χ0n) is 31.8. The molecule has 0 aromatic rings. The molecule has 5 aliphatic rings. The Bertz CT molecular complexity index is 1160. The van der Waals surface area contributed by atoms with Crippen molar-refractivity contribution < 1.29 is 39.8 Å². The molecule has 12 heteroatoms. The molecule has 11 nitrogen and oxygen atoms in total. The zero-order chi connectivity index (χ0) is 37.1. The summed E-state index contributed by atoms with van der Waals surface area (Å²) in [6.07, 6.45) is 6.95. The standard InChI is InChI=1S/C39H69N3O8S/c1-22(2)9-8-10-23(3)27-13-14-28-26-12-11-24-19-25(44)20-31(39(24,5)29(26)15-16-38(27,28)4)41-37(48)49-18-7-6-17-40-36(51)42-35-34(47)33(46)32(45)30(21-43)50-35/h22-35,43-47H,6-21H2,1-5H3,(H,41,48)(H2,40,42,51)/t23-,24-,25+,26-,27-,28+,29+,30+,31?,32-,33-,34+,35-,38-,39+/m1/s1. The van der Waals surface area contributed by atoms with Crippen LogP contribution in [-0.2, 0) is 9.47 Å². The molecule has 0 aromatic heterocycles. The maximum atomic E-state index is 13.2. The van der Waals surface area contributed by atoms with E-state index < -0.39 is 49.4 Å². The summed E-state index contributed by atoms with van der Waals surface area (Å²) < 4.78 is 11.1. The van der Waals surface area contributed by atoms with E-state index in [4.69, 9.17) is 21.7 Å². The number of nitrogens with one attached hydrogen (secondary N) is 3. The normalized spacial score (nSPS) is 42.6. The first kappa shape index (κ1) is 40.9. The number of rotatable bonds is 13. The second-order valence-corrected chi connectivity index (χ2v) is 18.3. The Hall–Kier alpha value is -1.28. The van der Waals surface area contributed by atoms with Gasteiger partial charge >= 0.3 is 6.09 Å². The number of aliphatic hydroxyl groups is 5. The van der Waals surface area contributed by atoms with Gasteiger partial charge < -0.3 is 51.0 Å². The predicted molar refractivity (Wildman–Crippen MR) is 199 cm³/mol. The Morgan fingerprint density at radius 3 is 2.39 bits per heavy atom. The summed E-state index contributed by atoms with van der Waals surface area (Å²) >= 11 is 5.28. The van der Waals surface area contributed by atoms with Gasteiger partial charge in [-0.2, -0.15) is 0 Å². The second-order valence-electron chi connectivity index (χ2n) is 17.9. The van der Waals surface area contributed by atoms with Crippen LogP contribution >= 0.6 is 12.2 Å². The van der Waals surface area contributed by atoms with Crippen LogP contribution in [0, 0.1) is 52.3 Å². The average Bonchev–Trinajstić information content (AvgIpc) is 3.44. The molecule has 0 radical (unpaired) electrons. The van der Waals surface area contributed by atoms with E-state index in [0.717, 1.165) is 36.5 Å². The average molecular weight is 740 g/mol. The maximum absolute atomic E-state index is 13.2. The molecule has 5 rings (SSSR count). The van der Waals surface area contributed by atoms with Crippen LogP contribution in [0.1, 0.15) is 118 Å². The number of amides is 1. The van der Waals surface area contributed by atoms with Crippen molar-refractivity contribution in [3.8, 4) is 0 Å². The maximum Gasteiger partial charge on any atom is 0.407 e. The predicted octanol–water partition coefficient (Wildman–Crippen LogP) is 4.22. The number of carbonyl (C=O) groups is 1. The van der Waals surface area contributed by atoms with E-state index in [1.165, 1.54) is 51.4 Å². The van der Waals surface area contributed by atoms with E-state index in [-0.39, 0.29) is 23.2 Å². The van der Waals surface area contributed by atoms with Gasteiger partial charge in [-0.05, 0) is 129 Å². The third-order valence-electron chi connectivity index (χ3n) is 14.5. The smallest absolute Gasteiger partial charge is 0.407 e. The molecule has 4 saturated carbocycles. The summed E-state index contributed by atoms with van der Waals surface area (Å²) in [5.74, 6) is 4.74. The molecule has 15 atom stereocenters. The Labute approximate surface area is 311 Å². The van der Waals surface area contributed by atoms with E-state index in [9.17, 15) is 30.3 Å². The monoisotopic (exact) mass is 739 g/mol. The van der Waals surface area contributed by atoms with Gasteiger partial charge in [0.05, 0.1) is 19.3 Å². The lowest BCUT2D eigenvalue weighted by molar-refractivity contribution is -0.232. The first-order valence-corrected chi connectivity index (χ1v) is 20.6. The Balaban J connectivity index is 1.09. The summed E-state index contributed by atoms with van der Waals surface area (Å²) in [6.45, 7) is 12.4. The molecule has 0 spiro atoms. The van der Waals surface area contributed by atoms with Crippen molar-refractivity contribution in [1.29, 1.82) is 0 Å². The van der Waals surface area contributed by atoms with Crippen molar-refractivity contribution in [2.24, 2.45) is 52.3 Å². The van der Waals surface area contributed by atoms with Gasteiger partial charge in [0.15, 0.2) is 11.3 Å². The van der Waals surface area contributed by atoms with Gasteiger partial charge in [0.1, 0.15) is 24.4 Å². The summed E-state index contributed by atoms with van der Waals surface area (Å²) in [5, 5.41) is 59.7. The Morgan fingerprint density at radius 1 is 0.902 bits per heavy atom. The van der Waals surface area contributed by atoms with Crippen molar-refractivity contribution in [3.05, 3.63) is 0 Å². The van der Waals surface area contributed by atoms with Gasteiger partial charge in [-0.15, -0.1) is 0 Å². The number of hydrogen-bond donors (Lipinski definition) is 8. The van der Waals surface area contributed by atoms with E-state index in [2.05, 4.69) is 50.6 Å². The molecule has 1 heterocycles. The van der Waals surface area contributed by atoms with E-state index >= 15 is 0 Å². The summed E-state index contributed by atoms with van der Waals surface area (Å²) in [7, 11) is 0. The Kier molecular flexibility index (Phi) is 14.0. The lowest BCUT2D eigenvalue weighted by Gasteiger charge is -2.63. The molecule has 294 valence electrons. The molecule has 5 fully saturated rings. The zero-order valence-corrected chi connectivity index (χ0v) is 32.6. The van der Waals surface area contributed by atoms with Crippen LogP contribution in [0.4, 0.5) is 4.79 Å². The number of aliphatic hydroxyl groups excluding tert-OH is 5. The minimum Gasteiger partial charge on any atom is -0.450 e. The Morgan fingerprint density at radius 2 is 1.67 bits per heavy atom. The topological polar surface area (TPSA) is 173 Å². The minimum atomic E-state index is -1.49. The molecule has 0 aromatic carbocycles. The van der Waals surface area contributed by atoms with Crippen molar-refractivity contribution >= 4 is 23.4 Å². The van der Waals surface area contributed by atoms with Crippen molar-refractivity contribution in [3.63, 3.8) is 0 Å². The van der Waals surface area contributed by atoms with Gasteiger partial charge in [0, 0.05) is 12.6 Å². The van der Waals surface area contributed by atoms with Crippen molar-refractivity contribution in [1.82, 2.24) is 16.0 Å². The van der Waals surface area contributed by atoms with Crippen LogP contribution in [0.5, 0.6) is 0 Å². The highest BCUT2D eigenvalue weighted by Gasteiger charge is 2.63. The molecule has 1 aliphatic heterocycles. The first-order valence-electron chi connectivity index (χ1n) is 20.2. The van der Waals surface area contributed by atoms with Crippen LogP contribution in [-0.4, -0.2) is 99.3 Å².